The van der Waals surface area contributed by atoms with Crippen LogP contribution >= 0.6 is 21.4 Å². The number of rotatable bonds is 36. The second kappa shape index (κ2) is 45.3. The number of ether oxygens (including phenoxy) is 4. The molecular weight excluding hydrogens is 1020 g/mol. The summed E-state index contributed by atoms with van der Waals surface area (Å²) >= 11 is 13.5. The standard InChI is InChI=1S/C20H32N4O7.C20H30N3O7PS.2CH4.P2S2/c1-15(20(21)29)4-2-3-8-22-17(26)14-31-13-12-30-11-9-23-16(25)7-10-24-18(27)5-6-19(24)28;1-15(20(28)31-32)4-2-3-8-21-17(25)14-30-13-12-29-11-9-22-16(24)7-10-23-18(26)5-6-19(23)27;;;3-1-2-4/h5-6,15H,2-4,7-14H2,1H3,(H2,21,29)(H,22,26)(H,23,25);5-6,15H,2-4,7-14H2,1H3,(H,21,25)(H,22,24);2*1H4;. The van der Waals surface area contributed by atoms with E-state index in [1.807, 2.05) is 6.92 Å². The molecule has 0 radical (unpaired) electrons. The SMILES string of the molecule is C.C.CC(CCCCNC(=O)COCCOCCNC(=O)CCN1C(=O)C=CC1=O)C(=O)P=S.CC(CCCCNC(=O)COCCOCCNC(=O)CCN1C(=O)C=CC1=O)C(N)=O.S=PP=S. The van der Waals surface area contributed by atoms with Crippen LogP contribution in [0.1, 0.15) is 80.1 Å². The van der Waals surface area contributed by atoms with Gasteiger partial charge in [-0.05, 0) is 61.1 Å². The normalized spacial score (nSPS) is 13.4. The third-order valence-electron chi connectivity index (χ3n) is 9.08. The molecule has 0 aromatic heterocycles. The van der Waals surface area contributed by atoms with Gasteiger partial charge in [-0.3, -0.25) is 57.7 Å². The summed E-state index contributed by atoms with van der Waals surface area (Å²) in [5, 5.41) is 10.7. The van der Waals surface area contributed by atoms with Crippen LogP contribution in [0.5, 0.6) is 0 Å². The minimum atomic E-state index is -0.412. The van der Waals surface area contributed by atoms with Gasteiger partial charge in [-0.15, -0.1) is 0 Å². The molecule has 390 valence electrons. The van der Waals surface area contributed by atoms with Gasteiger partial charge >= 0.3 is 0 Å². The second-order valence-electron chi connectivity index (χ2n) is 14.3. The largest absolute Gasteiger partial charge is 0.377 e. The lowest BCUT2D eigenvalue weighted by Gasteiger charge is -2.13. The van der Waals surface area contributed by atoms with E-state index in [9.17, 15) is 47.9 Å². The van der Waals surface area contributed by atoms with Gasteiger partial charge in [-0.2, -0.15) is 0 Å². The maximum atomic E-state index is 11.7. The molecule has 0 aliphatic carbocycles. The van der Waals surface area contributed by atoms with E-state index in [2.05, 4.69) is 44.9 Å². The quantitative estimate of drug-likeness (QED) is 0.0341. The van der Waals surface area contributed by atoms with Gasteiger partial charge < -0.3 is 45.9 Å². The summed E-state index contributed by atoms with van der Waals surface area (Å²) in [5.74, 6) is -3.15. The van der Waals surface area contributed by atoms with Crippen LogP contribution in [-0.4, -0.2) is 161 Å². The van der Waals surface area contributed by atoms with Crippen LogP contribution in [0.15, 0.2) is 24.3 Å². The predicted molar refractivity (Wildman–Crippen MR) is 273 cm³/mol. The van der Waals surface area contributed by atoms with Crippen LogP contribution in [0.3, 0.4) is 0 Å². The van der Waals surface area contributed by atoms with Crippen LogP contribution in [0.25, 0.3) is 0 Å². The lowest BCUT2D eigenvalue weighted by molar-refractivity contribution is -0.139. The molecule has 0 fully saturated rings. The molecule has 0 saturated heterocycles. The minimum Gasteiger partial charge on any atom is -0.377 e. The van der Waals surface area contributed by atoms with E-state index in [1.165, 1.54) is 24.3 Å². The zero-order valence-electron chi connectivity index (χ0n) is 37.8. The van der Waals surface area contributed by atoms with Gasteiger partial charge in [0.15, 0.2) is 5.52 Å². The lowest BCUT2D eigenvalue weighted by Crippen LogP contribution is -2.35. The van der Waals surface area contributed by atoms with Crippen molar-refractivity contribution in [2.24, 2.45) is 17.6 Å². The van der Waals surface area contributed by atoms with Gasteiger partial charge in [-0.1, -0.05) is 41.5 Å². The van der Waals surface area contributed by atoms with Crippen molar-refractivity contribution in [3.8, 4) is 0 Å². The zero-order chi connectivity index (χ0) is 50.2. The Balaban J connectivity index is -0.00000114. The molecule has 0 spiro atoms. The van der Waals surface area contributed by atoms with Crippen LogP contribution in [-0.2, 0) is 102 Å². The average Bonchev–Trinajstić information content (AvgIpc) is 3.81. The fraction of sp³-hybridized carbons (Fsp3) is 0.667. The first-order valence-corrected chi connectivity index (χ1v) is 27.8. The second-order valence-corrected chi connectivity index (χ2v) is 19.8. The summed E-state index contributed by atoms with van der Waals surface area (Å²) in [5.41, 5.74) is 5.25. The van der Waals surface area contributed by atoms with Crippen molar-refractivity contribution in [3.63, 3.8) is 0 Å². The van der Waals surface area contributed by atoms with Crippen molar-refractivity contribution in [1.82, 2.24) is 31.1 Å². The molecule has 2 aliphatic heterocycles. The first-order valence-electron chi connectivity index (χ1n) is 21.3. The van der Waals surface area contributed by atoms with Gasteiger partial charge in [-0.25, -0.2) is 0 Å². The number of unbranched alkanes of at least 4 members (excludes halogenated alkanes) is 2. The number of nitrogens with one attached hydrogen (secondary N) is 4. The molecule has 21 nitrogen and oxygen atoms in total. The van der Waals surface area contributed by atoms with Crippen molar-refractivity contribution in [2.45, 2.75) is 80.1 Å². The smallest absolute Gasteiger partial charge is 0.253 e. The topological polar surface area (TPSA) is 288 Å². The Morgan fingerprint density at radius 3 is 1.23 bits per heavy atom. The number of nitrogens with two attached hydrogens (primary N) is 1. The van der Waals surface area contributed by atoms with E-state index in [0.717, 1.165) is 56.0 Å². The first-order chi connectivity index (χ1) is 32.1. The van der Waals surface area contributed by atoms with E-state index in [1.54, 1.807) is 6.92 Å². The maximum Gasteiger partial charge on any atom is 0.253 e. The summed E-state index contributed by atoms with van der Waals surface area (Å²) in [6, 6.07) is 0. The average molecular weight is 1090 g/mol. The highest BCUT2D eigenvalue weighted by Crippen LogP contribution is 2.14. The third-order valence-corrected chi connectivity index (χ3v) is 12.9. The highest BCUT2D eigenvalue weighted by molar-refractivity contribution is 8.40. The molecule has 0 saturated carbocycles. The van der Waals surface area contributed by atoms with Crippen molar-refractivity contribution in [1.29, 1.82) is 0 Å². The Morgan fingerprint density at radius 2 is 0.884 bits per heavy atom. The molecule has 2 heterocycles. The maximum absolute atomic E-state index is 11.7. The third kappa shape index (κ3) is 37.7. The fourth-order valence-corrected chi connectivity index (χ4v) is 6.11. The molecule has 2 atom stereocenters. The van der Waals surface area contributed by atoms with E-state index >= 15 is 0 Å². The molecule has 2 rings (SSSR count). The monoisotopic (exact) mass is 1090 g/mol. The number of carbonyl (C=O) groups is 10. The fourth-order valence-electron chi connectivity index (χ4n) is 5.27. The molecule has 0 aromatic rings. The number of hydrogen-bond acceptors (Lipinski definition) is 17. The molecule has 0 bridgehead atoms. The molecule has 27 heteroatoms. The molecule has 69 heavy (non-hydrogen) atoms. The summed E-state index contributed by atoms with van der Waals surface area (Å²) < 4.78 is 21.0. The molecule has 0 aromatic carbocycles. The predicted octanol–water partition coefficient (Wildman–Crippen LogP) is 2.16. The number of nitrogens with zero attached hydrogens (tertiary/aromatic N) is 2. The van der Waals surface area contributed by atoms with Crippen molar-refractivity contribution < 1.29 is 66.9 Å². The van der Waals surface area contributed by atoms with Crippen molar-refractivity contribution >= 4 is 116 Å². The Morgan fingerprint density at radius 1 is 0.536 bits per heavy atom. The highest BCUT2D eigenvalue weighted by atomic mass is 32.7. The highest BCUT2D eigenvalue weighted by Gasteiger charge is 2.24. The molecule has 6 N–H and O–H groups in total. The Bertz CT molecular complexity index is 1690. The van der Waals surface area contributed by atoms with Gasteiger partial charge in [0.1, 0.15) is 13.2 Å². The summed E-state index contributed by atoms with van der Waals surface area (Å²) in [7, 11) is 2.11. The number of carbonyl (C=O) groups excluding carboxylic acids is 10. The first kappa shape index (κ1) is 69.4. The summed E-state index contributed by atoms with van der Waals surface area (Å²) in [6.07, 6.45) is 9.43. The number of imide groups is 2. The van der Waals surface area contributed by atoms with Crippen LogP contribution < -0.4 is 27.0 Å². The number of primary amides is 1. The van der Waals surface area contributed by atoms with Crippen molar-refractivity contribution in [3.05, 3.63) is 24.3 Å². The molecule has 2 aliphatic rings. The van der Waals surface area contributed by atoms with Crippen molar-refractivity contribution in [2.75, 3.05) is 92.1 Å². The Labute approximate surface area is 425 Å². The molecular formula is C42H70N7O14P3S3. The lowest BCUT2D eigenvalue weighted by atomic mass is 10.0. The minimum absolute atomic E-state index is 0. The molecule has 2 unspecified atom stereocenters. The Hall–Kier alpha value is -3.82. The number of amides is 9. The van der Waals surface area contributed by atoms with E-state index in [0.29, 0.717) is 26.9 Å². The van der Waals surface area contributed by atoms with Crippen LogP contribution in [0.2, 0.25) is 0 Å². The van der Waals surface area contributed by atoms with Gasteiger partial charge in [0.05, 0.1) is 47.0 Å². The summed E-state index contributed by atoms with van der Waals surface area (Å²) in [6.45, 7) is 6.80. The van der Waals surface area contributed by atoms with Gasteiger partial charge in [0.25, 0.3) is 23.6 Å². The van der Waals surface area contributed by atoms with Crippen LogP contribution in [0, 0.1) is 11.8 Å². The van der Waals surface area contributed by atoms with Crippen LogP contribution in [0.4, 0.5) is 0 Å². The molecule has 9 amide bonds. The zero-order valence-corrected chi connectivity index (χ0v) is 42.9. The van der Waals surface area contributed by atoms with Gasteiger partial charge in [0.2, 0.25) is 29.5 Å². The number of hydrogen-bond donors (Lipinski definition) is 5. The van der Waals surface area contributed by atoms with Gasteiger partial charge in [0, 0.05) is 102 Å². The van der Waals surface area contributed by atoms with E-state index in [-0.39, 0.29) is 154 Å². The Kier molecular flexibility index (Phi) is 45.6. The van der Waals surface area contributed by atoms with E-state index < -0.39 is 23.6 Å². The summed E-state index contributed by atoms with van der Waals surface area (Å²) in [4.78, 5) is 116. The van der Waals surface area contributed by atoms with E-state index in [4.69, 9.17) is 36.5 Å².